The summed E-state index contributed by atoms with van der Waals surface area (Å²) >= 11 is 9.69. The molecule has 1 aromatic heterocycles. The highest BCUT2D eigenvalue weighted by molar-refractivity contribution is 9.11. The van der Waals surface area contributed by atoms with Crippen molar-refractivity contribution in [1.82, 2.24) is 0 Å². The third kappa shape index (κ3) is 1.37. The van der Waals surface area contributed by atoms with Gasteiger partial charge in [-0.2, -0.15) is 12.6 Å². The van der Waals surface area contributed by atoms with Gasteiger partial charge in [0.1, 0.15) is 0 Å². The molecule has 2 rings (SSSR count). The average molecular weight is 251 g/mol. The van der Waals surface area contributed by atoms with E-state index in [9.17, 15) is 0 Å². The molecule has 0 aliphatic carbocycles. The summed E-state index contributed by atoms with van der Waals surface area (Å²) in [6, 6.07) is 4.15. The molecule has 1 aromatic rings. The molecular formula is C7H7BrOS2. The van der Waals surface area contributed by atoms with E-state index >= 15 is 0 Å². The van der Waals surface area contributed by atoms with E-state index in [2.05, 4.69) is 40.7 Å². The van der Waals surface area contributed by atoms with Gasteiger partial charge in [0.25, 0.3) is 0 Å². The summed E-state index contributed by atoms with van der Waals surface area (Å²) < 4.78 is 6.27. The Bertz CT molecular complexity index is 267. The molecule has 4 heteroatoms. The molecule has 0 bridgehead atoms. The normalized spacial score (nSPS) is 21.3. The smallest absolute Gasteiger partial charge is 0.0937 e. The molecule has 0 amide bonds. The maximum atomic E-state index is 5.12. The molecule has 2 heterocycles. The fourth-order valence-corrected chi connectivity index (χ4v) is 2.84. The largest absolute Gasteiger partial charge is 0.378 e. The Morgan fingerprint density at radius 2 is 2.27 bits per heavy atom. The zero-order chi connectivity index (χ0) is 7.90. The summed E-state index contributed by atoms with van der Waals surface area (Å²) in [5.41, 5.74) is 0. The second kappa shape index (κ2) is 2.76. The summed E-state index contributed by atoms with van der Waals surface area (Å²) in [5.74, 6) is 0. The highest BCUT2D eigenvalue weighted by Gasteiger charge is 2.37. The first kappa shape index (κ1) is 8.10. The van der Waals surface area contributed by atoms with Crippen molar-refractivity contribution >= 4 is 39.9 Å². The number of thiol groups is 1. The first-order chi connectivity index (χ1) is 5.21. The summed E-state index contributed by atoms with van der Waals surface area (Å²) in [5, 5.41) is 0. The lowest BCUT2D eigenvalue weighted by molar-refractivity contribution is -0.00810. The summed E-state index contributed by atoms with van der Waals surface area (Å²) in [7, 11) is 0. The predicted molar refractivity (Wildman–Crippen MR) is 53.5 cm³/mol. The predicted octanol–water partition coefficient (Wildman–Crippen LogP) is 2.67. The van der Waals surface area contributed by atoms with Crippen LogP contribution in [-0.4, -0.2) is 13.2 Å². The Labute approximate surface area is 83.3 Å². The Morgan fingerprint density at radius 3 is 2.64 bits per heavy atom. The van der Waals surface area contributed by atoms with Gasteiger partial charge < -0.3 is 4.74 Å². The van der Waals surface area contributed by atoms with Crippen LogP contribution in [0.1, 0.15) is 4.88 Å². The third-order valence-electron chi connectivity index (χ3n) is 1.71. The molecule has 1 nitrogen and oxygen atoms in total. The van der Waals surface area contributed by atoms with Gasteiger partial charge in [0, 0.05) is 4.88 Å². The molecule has 0 N–H and O–H groups in total. The van der Waals surface area contributed by atoms with E-state index in [0.717, 1.165) is 17.0 Å². The van der Waals surface area contributed by atoms with Gasteiger partial charge in [0.15, 0.2) is 0 Å². The van der Waals surface area contributed by atoms with Crippen LogP contribution in [-0.2, 0) is 9.48 Å². The molecule has 1 aliphatic rings. The first-order valence-corrected chi connectivity index (χ1v) is 5.32. The molecule has 0 atom stereocenters. The maximum Gasteiger partial charge on any atom is 0.0937 e. The lowest BCUT2D eigenvalue weighted by Gasteiger charge is -2.35. The molecule has 1 saturated heterocycles. The van der Waals surface area contributed by atoms with Crippen molar-refractivity contribution in [3.05, 3.63) is 20.8 Å². The molecule has 1 fully saturated rings. The van der Waals surface area contributed by atoms with Gasteiger partial charge in [-0.1, -0.05) is 0 Å². The van der Waals surface area contributed by atoms with E-state index in [-0.39, 0.29) is 4.75 Å². The lowest BCUT2D eigenvalue weighted by Crippen LogP contribution is -2.40. The average Bonchev–Trinajstić information content (AvgIpc) is 2.31. The minimum atomic E-state index is -0.00329. The second-order valence-electron chi connectivity index (χ2n) is 2.63. The maximum absolute atomic E-state index is 5.12. The van der Waals surface area contributed by atoms with Crippen molar-refractivity contribution in [3.63, 3.8) is 0 Å². The second-order valence-corrected chi connectivity index (χ2v) is 5.95. The van der Waals surface area contributed by atoms with E-state index in [4.69, 9.17) is 4.74 Å². The summed E-state index contributed by atoms with van der Waals surface area (Å²) in [6.07, 6.45) is 0. The molecule has 60 valence electrons. The summed E-state index contributed by atoms with van der Waals surface area (Å²) in [6.45, 7) is 1.48. The molecule has 0 spiro atoms. The Hall–Kier alpha value is 0.490. The van der Waals surface area contributed by atoms with Crippen LogP contribution in [0.25, 0.3) is 0 Å². The van der Waals surface area contributed by atoms with Crippen molar-refractivity contribution in [1.29, 1.82) is 0 Å². The number of halogens is 1. The lowest BCUT2D eigenvalue weighted by atomic mass is 10.1. The van der Waals surface area contributed by atoms with Crippen molar-refractivity contribution in [2.75, 3.05) is 13.2 Å². The van der Waals surface area contributed by atoms with Gasteiger partial charge in [-0.05, 0) is 28.1 Å². The van der Waals surface area contributed by atoms with Gasteiger partial charge in [-0.15, -0.1) is 11.3 Å². The Balaban J connectivity index is 2.28. The molecule has 0 aromatic carbocycles. The van der Waals surface area contributed by atoms with Gasteiger partial charge >= 0.3 is 0 Å². The highest BCUT2D eigenvalue weighted by atomic mass is 79.9. The fraction of sp³-hybridized carbons (Fsp3) is 0.429. The van der Waals surface area contributed by atoms with E-state index < -0.39 is 0 Å². The van der Waals surface area contributed by atoms with Crippen LogP contribution >= 0.6 is 39.9 Å². The van der Waals surface area contributed by atoms with Gasteiger partial charge in [-0.3, -0.25) is 0 Å². The molecule has 0 saturated carbocycles. The monoisotopic (exact) mass is 250 g/mol. The van der Waals surface area contributed by atoms with Gasteiger partial charge in [0.2, 0.25) is 0 Å². The third-order valence-corrected chi connectivity index (χ3v) is 4.19. The summed E-state index contributed by atoms with van der Waals surface area (Å²) in [4.78, 5) is 1.29. The number of ether oxygens (including phenoxy) is 1. The molecular weight excluding hydrogens is 244 g/mol. The van der Waals surface area contributed by atoms with Crippen LogP contribution in [0.5, 0.6) is 0 Å². The molecule has 0 radical (unpaired) electrons. The van der Waals surface area contributed by atoms with Gasteiger partial charge in [0.05, 0.1) is 21.7 Å². The van der Waals surface area contributed by atoms with Gasteiger partial charge in [-0.25, -0.2) is 0 Å². The zero-order valence-electron chi connectivity index (χ0n) is 5.71. The van der Waals surface area contributed by atoms with Crippen LogP contribution in [0.3, 0.4) is 0 Å². The van der Waals surface area contributed by atoms with Crippen LogP contribution in [0.15, 0.2) is 15.9 Å². The van der Waals surface area contributed by atoms with E-state index in [1.54, 1.807) is 11.3 Å². The Morgan fingerprint density at radius 1 is 1.55 bits per heavy atom. The van der Waals surface area contributed by atoms with Crippen molar-refractivity contribution < 1.29 is 4.74 Å². The highest BCUT2D eigenvalue weighted by Crippen LogP contribution is 2.40. The van der Waals surface area contributed by atoms with E-state index in [1.165, 1.54) is 4.88 Å². The Kier molecular flexibility index (Phi) is 2.04. The fourth-order valence-electron chi connectivity index (χ4n) is 1.00. The topological polar surface area (TPSA) is 9.23 Å². The van der Waals surface area contributed by atoms with Crippen molar-refractivity contribution in [2.45, 2.75) is 4.75 Å². The zero-order valence-corrected chi connectivity index (χ0v) is 9.01. The van der Waals surface area contributed by atoms with E-state index in [1.807, 2.05) is 0 Å². The number of rotatable bonds is 1. The molecule has 1 aliphatic heterocycles. The van der Waals surface area contributed by atoms with Crippen LogP contribution in [0.2, 0.25) is 0 Å². The molecule has 0 unspecified atom stereocenters. The van der Waals surface area contributed by atoms with Crippen molar-refractivity contribution in [3.8, 4) is 0 Å². The number of hydrogen-bond donors (Lipinski definition) is 1. The van der Waals surface area contributed by atoms with E-state index in [0.29, 0.717) is 0 Å². The SMILES string of the molecule is SC1(c2ccc(Br)s2)COC1. The minimum absolute atomic E-state index is 0.00329. The minimum Gasteiger partial charge on any atom is -0.378 e. The van der Waals surface area contributed by atoms with Crippen LogP contribution in [0, 0.1) is 0 Å². The first-order valence-electron chi connectivity index (χ1n) is 3.27. The van der Waals surface area contributed by atoms with Crippen LogP contribution in [0.4, 0.5) is 0 Å². The van der Waals surface area contributed by atoms with Crippen molar-refractivity contribution in [2.24, 2.45) is 0 Å². The van der Waals surface area contributed by atoms with Crippen LogP contribution < -0.4 is 0 Å². The number of thiophene rings is 1. The number of hydrogen-bond acceptors (Lipinski definition) is 3. The standard InChI is InChI=1S/C7H7BrOS2/c8-6-2-1-5(11-6)7(10)3-9-4-7/h1-2,10H,3-4H2. The quantitative estimate of drug-likeness (QED) is 0.755. The molecule has 11 heavy (non-hydrogen) atoms.